The Kier molecular flexibility index (Phi) is 4.60. The summed E-state index contributed by atoms with van der Waals surface area (Å²) < 4.78 is 0. The average molecular weight is 321 g/mol. The normalized spacial score (nSPS) is 29.3. The van der Waals surface area contributed by atoms with E-state index < -0.39 is 0 Å². The zero-order valence-electron chi connectivity index (χ0n) is 14.1. The van der Waals surface area contributed by atoms with Crippen LogP contribution in [-0.2, 0) is 14.4 Å². The lowest BCUT2D eigenvalue weighted by molar-refractivity contribution is -0.145. The van der Waals surface area contributed by atoms with Gasteiger partial charge in [0.05, 0.1) is 12.0 Å². The third-order valence-corrected chi connectivity index (χ3v) is 5.65. The third-order valence-electron chi connectivity index (χ3n) is 5.65. The molecule has 0 aromatic carbocycles. The van der Waals surface area contributed by atoms with Crippen LogP contribution in [0.3, 0.4) is 0 Å². The second-order valence-corrected chi connectivity index (χ2v) is 7.30. The van der Waals surface area contributed by atoms with Crippen LogP contribution in [0.15, 0.2) is 0 Å². The van der Waals surface area contributed by atoms with Crippen LogP contribution >= 0.6 is 0 Å². The van der Waals surface area contributed by atoms with Gasteiger partial charge in [-0.2, -0.15) is 0 Å². The molecular weight excluding hydrogens is 294 g/mol. The second kappa shape index (κ2) is 6.49. The van der Waals surface area contributed by atoms with Crippen LogP contribution in [0.1, 0.15) is 44.9 Å². The molecule has 3 aliphatic rings. The van der Waals surface area contributed by atoms with Crippen molar-refractivity contribution in [2.24, 2.45) is 5.41 Å². The lowest BCUT2D eigenvalue weighted by Gasteiger charge is -2.37. The van der Waals surface area contributed by atoms with E-state index in [1.165, 1.54) is 0 Å². The zero-order chi connectivity index (χ0) is 16.4. The van der Waals surface area contributed by atoms with Gasteiger partial charge >= 0.3 is 0 Å². The minimum absolute atomic E-state index is 0.00171. The molecule has 3 saturated heterocycles. The Morgan fingerprint density at radius 1 is 1.04 bits per heavy atom. The van der Waals surface area contributed by atoms with E-state index in [4.69, 9.17) is 0 Å². The molecular formula is C17H27N3O3. The molecule has 0 N–H and O–H groups in total. The number of carbonyl (C=O) groups excluding carboxylic acids is 3. The van der Waals surface area contributed by atoms with Gasteiger partial charge in [-0.05, 0) is 32.1 Å². The Hall–Kier alpha value is -1.59. The molecule has 3 amide bonds. The highest BCUT2D eigenvalue weighted by Crippen LogP contribution is 2.39. The van der Waals surface area contributed by atoms with Crippen molar-refractivity contribution >= 4 is 17.7 Å². The number of hydrogen-bond acceptors (Lipinski definition) is 3. The summed E-state index contributed by atoms with van der Waals surface area (Å²) in [4.78, 5) is 42.5. The summed E-state index contributed by atoms with van der Waals surface area (Å²) in [6, 6.07) is 0. The van der Waals surface area contributed by atoms with Gasteiger partial charge in [-0.25, -0.2) is 0 Å². The fraction of sp³-hybridized carbons (Fsp3) is 0.824. The smallest absolute Gasteiger partial charge is 0.242 e. The minimum atomic E-state index is -0.370. The van der Waals surface area contributed by atoms with Crippen LogP contribution in [0.5, 0.6) is 0 Å². The average Bonchev–Trinajstić information content (AvgIpc) is 2.86. The highest BCUT2D eigenvalue weighted by atomic mass is 16.2. The first-order valence-electron chi connectivity index (χ1n) is 8.83. The number of carbonyl (C=O) groups is 3. The van der Waals surface area contributed by atoms with Crippen LogP contribution in [0, 0.1) is 5.41 Å². The van der Waals surface area contributed by atoms with E-state index in [1.807, 2.05) is 7.05 Å². The second-order valence-electron chi connectivity index (χ2n) is 7.30. The summed E-state index contributed by atoms with van der Waals surface area (Å²) in [5.41, 5.74) is -0.370. The molecule has 1 spiro atoms. The quantitative estimate of drug-likeness (QED) is 0.758. The summed E-state index contributed by atoms with van der Waals surface area (Å²) in [5.74, 6) is 0.279. The fourth-order valence-electron chi connectivity index (χ4n) is 4.20. The topological polar surface area (TPSA) is 60.9 Å². The minimum Gasteiger partial charge on any atom is -0.345 e. The van der Waals surface area contributed by atoms with Gasteiger partial charge in [0.15, 0.2) is 0 Å². The molecule has 0 aromatic rings. The van der Waals surface area contributed by atoms with Gasteiger partial charge in [-0.3, -0.25) is 14.4 Å². The Balaban J connectivity index is 1.61. The summed E-state index contributed by atoms with van der Waals surface area (Å²) >= 11 is 0. The van der Waals surface area contributed by atoms with Gasteiger partial charge in [-0.15, -0.1) is 0 Å². The van der Waals surface area contributed by atoms with Crippen molar-refractivity contribution < 1.29 is 14.4 Å². The maximum atomic E-state index is 12.6. The number of hydrogen-bond donors (Lipinski definition) is 0. The number of likely N-dealkylation sites (tertiary alicyclic amines) is 3. The largest absolute Gasteiger partial charge is 0.345 e. The summed E-state index contributed by atoms with van der Waals surface area (Å²) in [6.07, 6.45) is 6.17. The first kappa shape index (κ1) is 16.3. The van der Waals surface area contributed by atoms with Crippen molar-refractivity contribution in [3.63, 3.8) is 0 Å². The molecule has 23 heavy (non-hydrogen) atoms. The lowest BCUT2D eigenvalue weighted by atomic mass is 9.78. The van der Waals surface area contributed by atoms with Crippen LogP contribution in [0.2, 0.25) is 0 Å². The Labute approximate surface area is 137 Å². The van der Waals surface area contributed by atoms with E-state index in [2.05, 4.69) is 0 Å². The standard InChI is InChI=1S/C17H27N3O3/c1-18-9-5-7-17(16(18)23)8-11-20(13-17)15(22)12-19-10-4-2-3-6-14(19)21/h2-13H2,1H3/t17-/m1/s1. The maximum absolute atomic E-state index is 12.6. The zero-order valence-corrected chi connectivity index (χ0v) is 14.1. The fourth-order valence-corrected chi connectivity index (χ4v) is 4.20. The van der Waals surface area contributed by atoms with E-state index in [9.17, 15) is 14.4 Å². The monoisotopic (exact) mass is 321 g/mol. The van der Waals surface area contributed by atoms with Crippen molar-refractivity contribution in [2.45, 2.75) is 44.9 Å². The van der Waals surface area contributed by atoms with Crippen molar-refractivity contribution in [3.05, 3.63) is 0 Å². The van der Waals surface area contributed by atoms with Crippen molar-refractivity contribution in [1.29, 1.82) is 0 Å². The predicted octanol–water partition coefficient (Wildman–Crippen LogP) is 0.860. The molecule has 0 bridgehead atoms. The van der Waals surface area contributed by atoms with E-state index in [1.54, 1.807) is 14.7 Å². The van der Waals surface area contributed by atoms with Crippen molar-refractivity contribution in [2.75, 3.05) is 39.8 Å². The van der Waals surface area contributed by atoms with Crippen LogP contribution in [-0.4, -0.2) is 72.2 Å². The molecule has 0 saturated carbocycles. The molecule has 6 nitrogen and oxygen atoms in total. The first-order valence-corrected chi connectivity index (χ1v) is 8.83. The van der Waals surface area contributed by atoms with Crippen LogP contribution in [0.4, 0.5) is 0 Å². The van der Waals surface area contributed by atoms with Gasteiger partial charge in [0.1, 0.15) is 0 Å². The third kappa shape index (κ3) is 3.21. The predicted molar refractivity (Wildman–Crippen MR) is 85.5 cm³/mol. The highest BCUT2D eigenvalue weighted by Gasteiger charge is 2.48. The molecule has 6 heteroatoms. The molecule has 0 aliphatic carbocycles. The van der Waals surface area contributed by atoms with Gasteiger partial charge in [0.2, 0.25) is 17.7 Å². The molecule has 3 aliphatic heterocycles. The first-order chi connectivity index (χ1) is 11.0. The number of nitrogens with zero attached hydrogens (tertiary/aromatic N) is 3. The Morgan fingerprint density at radius 3 is 2.70 bits per heavy atom. The SMILES string of the molecule is CN1CCC[C@]2(CCN(C(=O)CN3CCCCCC3=O)C2)C1=O. The maximum Gasteiger partial charge on any atom is 0.242 e. The molecule has 3 fully saturated rings. The van der Waals surface area contributed by atoms with E-state index in [0.29, 0.717) is 26.1 Å². The Bertz CT molecular complexity index is 507. The molecule has 3 rings (SSSR count). The molecule has 1 atom stereocenters. The van der Waals surface area contributed by atoms with E-state index in [-0.39, 0.29) is 29.7 Å². The number of piperidine rings is 1. The molecule has 0 unspecified atom stereocenters. The molecule has 0 radical (unpaired) electrons. The van der Waals surface area contributed by atoms with Crippen LogP contribution in [0.25, 0.3) is 0 Å². The number of amides is 3. The lowest BCUT2D eigenvalue weighted by Crippen LogP contribution is -2.49. The van der Waals surface area contributed by atoms with Crippen molar-refractivity contribution in [3.8, 4) is 0 Å². The molecule has 0 aromatic heterocycles. The summed E-state index contributed by atoms with van der Waals surface area (Å²) in [6.45, 7) is 2.85. The Morgan fingerprint density at radius 2 is 1.87 bits per heavy atom. The highest BCUT2D eigenvalue weighted by molar-refractivity contribution is 5.88. The van der Waals surface area contributed by atoms with Crippen LogP contribution < -0.4 is 0 Å². The van der Waals surface area contributed by atoms with Crippen molar-refractivity contribution in [1.82, 2.24) is 14.7 Å². The summed E-state index contributed by atoms with van der Waals surface area (Å²) in [7, 11) is 1.85. The van der Waals surface area contributed by atoms with E-state index in [0.717, 1.165) is 45.1 Å². The summed E-state index contributed by atoms with van der Waals surface area (Å²) in [5, 5.41) is 0. The molecule has 3 heterocycles. The molecule has 128 valence electrons. The van der Waals surface area contributed by atoms with Gasteiger partial charge < -0.3 is 14.7 Å². The van der Waals surface area contributed by atoms with Gasteiger partial charge in [-0.1, -0.05) is 6.42 Å². The van der Waals surface area contributed by atoms with Gasteiger partial charge in [0, 0.05) is 39.6 Å². The van der Waals surface area contributed by atoms with Gasteiger partial charge in [0.25, 0.3) is 0 Å². The number of rotatable bonds is 2. The van der Waals surface area contributed by atoms with E-state index >= 15 is 0 Å².